The van der Waals surface area contributed by atoms with Gasteiger partial charge in [-0.2, -0.15) is 0 Å². The normalized spacial score (nSPS) is 11.7. The molecule has 0 unspecified atom stereocenters. The van der Waals surface area contributed by atoms with Crippen molar-refractivity contribution in [1.29, 1.82) is 0 Å². The molecule has 0 fully saturated rings. The number of sulfonamides is 1. The minimum Gasteiger partial charge on any atom is -0.443 e. The topological polar surface area (TPSA) is 72.2 Å². The van der Waals surface area contributed by atoms with Gasteiger partial charge in [0.15, 0.2) is 12.0 Å². The molecule has 0 saturated heterocycles. The van der Waals surface area contributed by atoms with E-state index in [1.54, 1.807) is 12.1 Å². The van der Waals surface area contributed by atoms with Crippen molar-refractivity contribution in [3.63, 3.8) is 0 Å². The number of aromatic nitrogens is 1. The molecule has 0 saturated carbocycles. The highest BCUT2D eigenvalue weighted by molar-refractivity contribution is 7.92. The lowest BCUT2D eigenvalue weighted by molar-refractivity contribution is 0.594. The molecule has 3 aromatic rings. The molecule has 1 aromatic heterocycles. The molecule has 1 N–H and O–H groups in total. The van der Waals surface area contributed by atoms with Gasteiger partial charge in [0.25, 0.3) is 10.0 Å². The summed E-state index contributed by atoms with van der Waals surface area (Å²) in [5.41, 5.74) is 3.50. The SMILES string of the molecule is Cc1ccc(C)c(NS(=O)(=O)c2ccc3ncoc3c2)c1. The first kappa shape index (κ1) is 13.6. The predicted octanol–water partition coefficient (Wildman–Crippen LogP) is 3.25. The smallest absolute Gasteiger partial charge is 0.262 e. The number of nitrogens with zero attached hydrogens (tertiary/aromatic N) is 1. The third-order valence-electron chi connectivity index (χ3n) is 3.25. The van der Waals surface area contributed by atoms with Crippen LogP contribution in [0, 0.1) is 13.8 Å². The number of aryl methyl sites for hydroxylation is 2. The van der Waals surface area contributed by atoms with E-state index in [0.29, 0.717) is 16.8 Å². The summed E-state index contributed by atoms with van der Waals surface area (Å²) in [5.74, 6) is 0. The second-order valence-corrected chi connectivity index (χ2v) is 6.59. The van der Waals surface area contributed by atoms with E-state index >= 15 is 0 Å². The van der Waals surface area contributed by atoms with Gasteiger partial charge in [-0.05, 0) is 43.2 Å². The number of anilines is 1. The molecule has 2 aromatic carbocycles. The van der Waals surface area contributed by atoms with Gasteiger partial charge in [0, 0.05) is 6.07 Å². The molecule has 0 aliphatic rings. The fourth-order valence-electron chi connectivity index (χ4n) is 2.05. The maximum Gasteiger partial charge on any atom is 0.262 e. The van der Waals surface area contributed by atoms with E-state index in [2.05, 4.69) is 9.71 Å². The lowest BCUT2D eigenvalue weighted by Crippen LogP contribution is -2.13. The van der Waals surface area contributed by atoms with E-state index in [4.69, 9.17) is 4.42 Å². The highest BCUT2D eigenvalue weighted by atomic mass is 32.2. The van der Waals surface area contributed by atoms with Gasteiger partial charge < -0.3 is 4.42 Å². The standard InChI is InChI=1S/C15H14N2O3S/c1-10-3-4-11(2)14(7-10)17-21(18,19)12-5-6-13-15(8-12)20-9-16-13/h3-9,17H,1-2H3. The molecule has 5 nitrogen and oxygen atoms in total. The number of benzene rings is 2. The molecule has 21 heavy (non-hydrogen) atoms. The third kappa shape index (κ3) is 2.62. The van der Waals surface area contributed by atoms with Gasteiger partial charge in [0.1, 0.15) is 5.52 Å². The Labute approximate surface area is 122 Å². The van der Waals surface area contributed by atoms with Crippen LogP contribution in [0.5, 0.6) is 0 Å². The highest BCUT2D eigenvalue weighted by Crippen LogP contribution is 2.23. The van der Waals surface area contributed by atoms with Crippen LogP contribution in [-0.2, 0) is 10.0 Å². The fourth-order valence-corrected chi connectivity index (χ4v) is 3.19. The molecule has 0 atom stereocenters. The van der Waals surface area contributed by atoms with Crippen molar-refractivity contribution in [2.24, 2.45) is 0 Å². The van der Waals surface area contributed by atoms with E-state index in [-0.39, 0.29) is 4.90 Å². The maximum atomic E-state index is 12.5. The van der Waals surface area contributed by atoms with Crippen molar-refractivity contribution in [3.05, 3.63) is 53.9 Å². The van der Waals surface area contributed by atoms with Gasteiger partial charge in [-0.15, -0.1) is 0 Å². The number of oxazole rings is 1. The van der Waals surface area contributed by atoms with Crippen LogP contribution in [0.1, 0.15) is 11.1 Å². The van der Waals surface area contributed by atoms with Crippen LogP contribution in [0.3, 0.4) is 0 Å². The van der Waals surface area contributed by atoms with Crippen molar-refractivity contribution >= 4 is 26.8 Å². The molecular weight excluding hydrogens is 288 g/mol. The second kappa shape index (κ2) is 4.89. The first-order valence-electron chi connectivity index (χ1n) is 6.39. The Kier molecular flexibility index (Phi) is 3.17. The van der Waals surface area contributed by atoms with Crippen molar-refractivity contribution in [2.45, 2.75) is 18.7 Å². The monoisotopic (exact) mass is 302 g/mol. The molecule has 0 radical (unpaired) electrons. The average Bonchev–Trinajstić information content (AvgIpc) is 2.90. The first-order chi connectivity index (χ1) is 9.95. The molecule has 0 amide bonds. The maximum absolute atomic E-state index is 12.5. The second-order valence-electron chi connectivity index (χ2n) is 4.91. The lowest BCUT2D eigenvalue weighted by atomic mass is 10.1. The molecule has 0 aliphatic carbocycles. The molecule has 108 valence electrons. The number of rotatable bonds is 3. The average molecular weight is 302 g/mol. The molecule has 0 aliphatic heterocycles. The minimum absolute atomic E-state index is 0.146. The summed E-state index contributed by atoms with van der Waals surface area (Å²) in [4.78, 5) is 4.12. The number of nitrogens with one attached hydrogen (secondary N) is 1. The number of hydrogen-bond donors (Lipinski definition) is 1. The Balaban J connectivity index is 2.01. The van der Waals surface area contributed by atoms with Crippen molar-refractivity contribution in [3.8, 4) is 0 Å². The molecular formula is C15H14N2O3S. The summed E-state index contributed by atoms with van der Waals surface area (Å²) in [7, 11) is -3.66. The van der Waals surface area contributed by atoms with Gasteiger partial charge in [-0.25, -0.2) is 13.4 Å². The van der Waals surface area contributed by atoms with Crippen LogP contribution >= 0.6 is 0 Å². The van der Waals surface area contributed by atoms with Gasteiger partial charge in [-0.3, -0.25) is 4.72 Å². The van der Waals surface area contributed by atoms with Crippen LogP contribution in [-0.4, -0.2) is 13.4 Å². The quantitative estimate of drug-likeness (QED) is 0.806. The Morgan fingerprint density at radius 2 is 1.90 bits per heavy atom. The van der Waals surface area contributed by atoms with E-state index in [0.717, 1.165) is 11.1 Å². The van der Waals surface area contributed by atoms with Crippen LogP contribution in [0.4, 0.5) is 5.69 Å². The summed E-state index contributed by atoms with van der Waals surface area (Å²) >= 11 is 0. The zero-order chi connectivity index (χ0) is 15.0. The summed E-state index contributed by atoms with van der Waals surface area (Å²) in [6.45, 7) is 3.77. The highest BCUT2D eigenvalue weighted by Gasteiger charge is 2.16. The fraction of sp³-hybridized carbons (Fsp3) is 0.133. The summed E-state index contributed by atoms with van der Waals surface area (Å²) in [6, 6.07) is 10.2. The largest absolute Gasteiger partial charge is 0.443 e. The van der Waals surface area contributed by atoms with E-state index in [1.165, 1.54) is 18.5 Å². The van der Waals surface area contributed by atoms with E-state index < -0.39 is 10.0 Å². The van der Waals surface area contributed by atoms with E-state index in [1.807, 2.05) is 26.0 Å². The Bertz CT molecular complexity index is 914. The first-order valence-corrected chi connectivity index (χ1v) is 7.87. The number of fused-ring (bicyclic) bond motifs is 1. The van der Waals surface area contributed by atoms with Crippen LogP contribution in [0.15, 0.2) is 52.1 Å². The van der Waals surface area contributed by atoms with Gasteiger partial charge >= 0.3 is 0 Å². The molecule has 0 bridgehead atoms. The summed E-state index contributed by atoms with van der Waals surface area (Å²) < 4.78 is 32.7. The van der Waals surface area contributed by atoms with Crippen molar-refractivity contribution in [2.75, 3.05) is 4.72 Å². The summed E-state index contributed by atoms with van der Waals surface area (Å²) in [6.07, 6.45) is 1.29. The molecule has 6 heteroatoms. The van der Waals surface area contributed by atoms with Crippen molar-refractivity contribution in [1.82, 2.24) is 4.98 Å². The Morgan fingerprint density at radius 3 is 2.71 bits per heavy atom. The minimum atomic E-state index is -3.66. The Hall–Kier alpha value is -2.34. The third-order valence-corrected chi connectivity index (χ3v) is 4.61. The lowest BCUT2D eigenvalue weighted by Gasteiger charge is -2.11. The van der Waals surface area contributed by atoms with Crippen LogP contribution in [0.2, 0.25) is 0 Å². The van der Waals surface area contributed by atoms with Gasteiger partial charge in [0.05, 0.1) is 10.6 Å². The zero-order valence-corrected chi connectivity index (χ0v) is 12.4. The van der Waals surface area contributed by atoms with Crippen LogP contribution < -0.4 is 4.72 Å². The zero-order valence-electron chi connectivity index (χ0n) is 11.6. The summed E-state index contributed by atoms with van der Waals surface area (Å²) in [5, 5.41) is 0. The van der Waals surface area contributed by atoms with Gasteiger partial charge in [0.2, 0.25) is 0 Å². The van der Waals surface area contributed by atoms with E-state index in [9.17, 15) is 8.42 Å². The Morgan fingerprint density at radius 1 is 1.10 bits per heavy atom. The van der Waals surface area contributed by atoms with Gasteiger partial charge in [-0.1, -0.05) is 12.1 Å². The number of hydrogen-bond acceptors (Lipinski definition) is 4. The molecule has 3 rings (SSSR count). The van der Waals surface area contributed by atoms with Crippen LogP contribution in [0.25, 0.3) is 11.1 Å². The molecule has 1 heterocycles. The van der Waals surface area contributed by atoms with Crippen molar-refractivity contribution < 1.29 is 12.8 Å². The predicted molar refractivity (Wildman–Crippen MR) is 80.7 cm³/mol. The molecule has 0 spiro atoms.